The molecule has 0 aliphatic carbocycles. The summed E-state index contributed by atoms with van der Waals surface area (Å²) in [7, 11) is 0. The number of halogens is 1. The van der Waals surface area contributed by atoms with Gasteiger partial charge in [-0.25, -0.2) is 4.98 Å². The molecule has 7 heteroatoms. The maximum atomic E-state index is 13.0. The zero-order valence-electron chi connectivity index (χ0n) is 13.3. The fourth-order valence-electron chi connectivity index (χ4n) is 2.97. The number of piperazine rings is 1. The average molecular weight is 379 g/mol. The molecule has 2 aromatic rings. The van der Waals surface area contributed by atoms with E-state index in [0.717, 1.165) is 27.8 Å². The first-order valence-electron chi connectivity index (χ1n) is 7.70. The summed E-state index contributed by atoms with van der Waals surface area (Å²) in [6.07, 6.45) is 3.44. The number of aromatic nitrogens is 2. The van der Waals surface area contributed by atoms with Crippen LogP contribution in [0.4, 0.5) is 0 Å². The number of hydrogen-bond donors (Lipinski definition) is 0. The van der Waals surface area contributed by atoms with Crippen molar-refractivity contribution in [2.24, 2.45) is 0 Å². The molecule has 1 aliphatic rings. The molecule has 1 fully saturated rings. The minimum Gasteiger partial charge on any atom is -0.342 e. The van der Waals surface area contributed by atoms with Gasteiger partial charge in [-0.3, -0.25) is 14.0 Å². The fourth-order valence-corrected chi connectivity index (χ4v) is 3.52. The van der Waals surface area contributed by atoms with Crippen LogP contribution in [0.15, 0.2) is 16.7 Å². The van der Waals surface area contributed by atoms with E-state index in [2.05, 4.69) is 20.9 Å². The van der Waals surface area contributed by atoms with Crippen molar-refractivity contribution in [3.8, 4) is 0 Å². The highest BCUT2D eigenvalue weighted by Crippen LogP contribution is 2.22. The van der Waals surface area contributed by atoms with Crippen LogP contribution in [-0.4, -0.2) is 57.7 Å². The van der Waals surface area contributed by atoms with Gasteiger partial charge in [0.2, 0.25) is 6.41 Å². The van der Waals surface area contributed by atoms with Gasteiger partial charge in [-0.1, -0.05) is 6.92 Å². The van der Waals surface area contributed by atoms with Crippen LogP contribution in [0.3, 0.4) is 0 Å². The molecule has 23 heavy (non-hydrogen) atoms. The van der Waals surface area contributed by atoms with Gasteiger partial charge in [0.25, 0.3) is 5.91 Å². The predicted molar refractivity (Wildman–Crippen MR) is 90.5 cm³/mol. The zero-order valence-corrected chi connectivity index (χ0v) is 14.8. The molecule has 1 aliphatic heterocycles. The van der Waals surface area contributed by atoms with Crippen LogP contribution in [0.1, 0.15) is 28.7 Å². The first-order valence-corrected chi connectivity index (χ1v) is 8.50. The summed E-state index contributed by atoms with van der Waals surface area (Å²) >= 11 is 3.49. The SMILES string of the molecule is CCc1nc2c(C)cc(Br)cn2c1C(=O)N1CCN(C=O)CC1. The Balaban J connectivity index is 2.01. The molecule has 0 bridgehead atoms. The van der Waals surface area contributed by atoms with E-state index in [0.29, 0.717) is 38.3 Å². The Morgan fingerprint density at radius 2 is 2.04 bits per heavy atom. The van der Waals surface area contributed by atoms with Crippen LogP contribution < -0.4 is 0 Å². The number of rotatable bonds is 3. The lowest BCUT2D eigenvalue weighted by molar-refractivity contribution is -0.119. The van der Waals surface area contributed by atoms with Crippen LogP contribution >= 0.6 is 15.9 Å². The lowest BCUT2D eigenvalue weighted by Crippen LogP contribution is -2.48. The Morgan fingerprint density at radius 3 is 2.65 bits per heavy atom. The molecule has 1 saturated heterocycles. The van der Waals surface area contributed by atoms with Crippen LogP contribution in [0.5, 0.6) is 0 Å². The van der Waals surface area contributed by atoms with Gasteiger partial charge in [-0.05, 0) is 40.9 Å². The zero-order chi connectivity index (χ0) is 16.6. The van der Waals surface area contributed by atoms with Crippen molar-refractivity contribution in [1.29, 1.82) is 0 Å². The highest BCUT2D eigenvalue weighted by molar-refractivity contribution is 9.10. The number of carbonyl (C=O) groups is 2. The number of aryl methyl sites for hydroxylation is 2. The highest BCUT2D eigenvalue weighted by atomic mass is 79.9. The van der Waals surface area contributed by atoms with Gasteiger partial charge in [0, 0.05) is 36.8 Å². The van der Waals surface area contributed by atoms with Crippen LogP contribution in [0.2, 0.25) is 0 Å². The van der Waals surface area contributed by atoms with Gasteiger partial charge in [-0.2, -0.15) is 0 Å². The van der Waals surface area contributed by atoms with Gasteiger partial charge >= 0.3 is 0 Å². The van der Waals surface area contributed by atoms with E-state index in [4.69, 9.17) is 0 Å². The number of pyridine rings is 1. The Kier molecular flexibility index (Phi) is 4.39. The molecular formula is C16H19BrN4O2. The van der Waals surface area contributed by atoms with Gasteiger partial charge in [0.1, 0.15) is 11.3 Å². The van der Waals surface area contributed by atoms with Crippen LogP contribution in [-0.2, 0) is 11.2 Å². The lowest BCUT2D eigenvalue weighted by atomic mass is 10.2. The third kappa shape index (κ3) is 2.85. The van der Waals surface area contributed by atoms with E-state index < -0.39 is 0 Å². The van der Waals surface area contributed by atoms with E-state index in [1.165, 1.54) is 0 Å². The number of carbonyl (C=O) groups excluding carboxylic acids is 2. The van der Waals surface area contributed by atoms with E-state index in [1.54, 1.807) is 9.80 Å². The van der Waals surface area contributed by atoms with Crippen LogP contribution in [0.25, 0.3) is 5.65 Å². The normalized spacial score (nSPS) is 15.3. The molecule has 6 nitrogen and oxygen atoms in total. The third-order valence-electron chi connectivity index (χ3n) is 4.23. The van der Waals surface area contributed by atoms with Gasteiger partial charge < -0.3 is 9.80 Å². The lowest BCUT2D eigenvalue weighted by Gasteiger charge is -2.32. The smallest absolute Gasteiger partial charge is 0.272 e. The topological polar surface area (TPSA) is 57.9 Å². The average Bonchev–Trinajstić information content (AvgIpc) is 2.93. The quantitative estimate of drug-likeness (QED) is 0.766. The second kappa shape index (κ2) is 6.31. The monoisotopic (exact) mass is 378 g/mol. The summed E-state index contributed by atoms with van der Waals surface area (Å²) in [5, 5.41) is 0. The summed E-state index contributed by atoms with van der Waals surface area (Å²) in [4.78, 5) is 32.0. The van der Waals surface area contributed by atoms with Crippen molar-refractivity contribution in [2.45, 2.75) is 20.3 Å². The Bertz CT molecular complexity index is 763. The number of amides is 2. The van der Waals surface area contributed by atoms with Gasteiger partial charge in [-0.15, -0.1) is 0 Å². The molecule has 2 amide bonds. The predicted octanol–water partition coefficient (Wildman–Crippen LogP) is 1.88. The van der Waals surface area contributed by atoms with Crippen molar-refractivity contribution in [2.75, 3.05) is 26.2 Å². The number of fused-ring (bicyclic) bond motifs is 1. The molecular weight excluding hydrogens is 360 g/mol. The van der Waals surface area contributed by atoms with Crippen molar-refractivity contribution in [3.05, 3.63) is 33.7 Å². The summed E-state index contributed by atoms with van der Waals surface area (Å²) in [5.74, 6) is -0.0163. The maximum Gasteiger partial charge on any atom is 0.272 e. The molecule has 0 N–H and O–H groups in total. The molecule has 122 valence electrons. The maximum absolute atomic E-state index is 13.0. The Hall–Kier alpha value is -1.89. The fraction of sp³-hybridized carbons (Fsp3) is 0.438. The van der Waals surface area contributed by atoms with Gasteiger partial charge in [0.15, 0.2) is 0 Å². The van der Waals surface area contributed by atoms with Crippen molar-refractivity contribution in [1.82, 2.24) is 19.2 Å². The van der Waals surface area contributed by atoms with Crippen molar-refractivity contribution < 1.29 is 9.59 Å². The summed E-state index contributed by atoms with van der Waals surface area (Å²) in [6, 6.07) is 2.00. The van der Waals surface area contributed by atoms with Crippen molar-refractivity contribution >= 4 is 33.9 Å². The molecule has 2 aromatic heterocycles. The van der Waals surface area contributed by atoms with Crippen LogP contribution in [0, 0.1) is 6.92 Å². The summed E-state index contributed by atoms with van der Waals surface area (Å²) < 4.78 is 2.80. The molecule has 0 aromatic carbocycles. The van der Waals surface area contributed by atoms with E-state index in [9.17, 15) is 9.59 Å². The molecule has 0 saturated carbocycles. The minimum absolute atomic E-state index is 0.0163. The third-order valence-corrected chi connectivity index (χ3v) is 4.66. The van der Waals surface area contributed by atoms with E-state index in [-0.39, 0.29) is 5.91 Å². The molecule has 3 heterocycles. The van der Waals surface area contributed by atoms with Crippen molar-refractivity contribution in [3.63, 3.8) is 0 Å². The molecule has 0 unspecified atom stereocenters. The number of nitrogens with zero attached hydrogens (tertiary/aromatic N) is 4. The van der Waals surface area contributed by atoms with E-state index in [1.807, 2.05) is 30.5 Å². The molecule has 0 spiro atoms. The summed E-state index contributed by atoms with van der Waals surface area (Å²) in [6.45, 7) is 6.27. The Morgan fingerprint density at radius 1 is 1.35 bits per heavy atom. The largest absolute Gasteiger partial charge is 0.342 e. The second-order valence-corrected chi connectivity index (χ2v) is 6.64. The summed E-state index contributed by atoms with van der Waals surface area (Å²) in [5.41, 5.74) is 3.29. The molecule has 0 radical (unpaired) electrons. The first-order chi connectivity index (χ1) is 11.0. The minimum atomic E-state index is -0.0163. The first kappa shape index (κ1) is 16.0. The second-order valence-electron chi connectivity index (χ2n) is 5.73. The molecule has 3 rings (SSSR count). The molecule has 0 atom stereocenters. The van der Waals surface area contributed by atoms with Gasteiger partial charge in [0.05, 0.1) is 5.69 Å². The standard InChI is InChI=1S/C16H19BrN4O2/c1-3-13-14(16(23)20-6-4-19(10-22)5-7-20)21-9-12(17)8-11(2)15(21)18-13/h8-10H,3-7H2,1-2H3. The number of hydrogen-bond acceptors (Lipinski definition) is 3. The Labute approximate surface area is 143 Å². The number of imidazole rings is 1. The van der Waals surface area contributed by atoms with E-state index >= 15 is 0 Å². The highest BCUT2D eigenvalue weighted by Gasteiger charge is 2.27.